The highest BCUT2D eigenvalue weighted by atomic mass is 16.4. The Morgan fingerprint density at radius 2 is 2.50 bits per heavy atom. The van der Waals surface area contributed by atoms with Crippen LogP contribution >= 0.6 is 0 Å². The van der Waals surface area contributed by atoms with Crippen LogP contribution in [0, 0.1) is 6.92 Å². The van der Waals surface area contributed by atoms with Gasteiger partial charge in [-0.3, -0.25) is 10.1 Å². The van der Waals surface area contributed by atoms with Crippen molar-refractivity contribution < 1.29 is 9.90 Å². The Kier molecular flexibility index (Phi) is 1.44. The number of carboxylic acids is 1. The Balaban J connectivity index is 2.41. The number of carboxylic acid groups (broad SMARTS) is 1. The Morgan fingerprint density at radius 1 is 1.75 bits per heavy atom. The molecule has 1 aromatic rings. The second-order valence-corrected chi connectivity index (χ2v) is 3.04. The quantitative estimate of drug-likeness (QED) is 0.571. The van der Waals surface area contributed by atoms with Crippen molar-refractivity contribution >= 4 is 5.97 Å². The van der Waals surface area contributed by atoms with Crippen LogP contribution in [-0.4, -0.2) is 16.1 Å². The highest BCUT2D eigenvalue weighted by Gasteiger charge is 2.28. The van der Waals surface area contributed by atoms with E-state index in [9.17, 15) is 4.79 Å². The minimum absolute atomic E-state index is 0.523. The summed E-state index contributed by atoms with van der Waals surface area (Å²) in [5.41, 5.74) is 2.90. The monoisotopic (exact) mass is 166 g/mol. The molecule has 2 heterocycles. The molecule has 0 fully saturated rings. The highest BCUT2D eigenvalue weighted by molar-refractivity contribution is 5.77. The van der Waals surface area contributed by atoms with Crippen molar-refractivity contribution in [3.8, 4) is 0 Å². The Hall–Kier alpha value is -1.29. The van der Waals surface area contributed by atoms with Gasteiger partial charge < -0.3 is 10.1 Å². The Bertz CT molecular complexity index is 330. The van der Waals surface area contributed by atoms with Gasteiger partial charge >= 0.3 is 5.97 Å². The lowest BCUT2D eigenvalue weighted by molar-refractivity contribution is -0.139. The maximum absolute atomic E-state index is 10.7. The molecule has 0 aliphatic carbocycles. The molecule has 0 amide bonds. The van der Waals surface area contributed by atoms with E-state index in [4.69, 9.17) is 5.11 Å². The van der Waals surface area contributed by atoms with Crippen LogP contribution < -0.4 is 5.32 Å². The number of aliphatic carboxylic acids is 1. The SMILES string of the molecule is Cc1cc2c([nH]1)CN[C@@H]2C(=O)O. The van der Waals surface area contributed by atoms with Crippen LogP contribution in [0.4, 0.5) is 0 Å². The number of nitrogens with one attached hydrogen (secondary N) is 2. The fourth-order valence-electron chi connectivity index (χ4n) is 1.60. The summed E-state index contributed by atoms with van der Waals surface area (Å²) in [6.07, 6.45) is 0. The molecule has 12 heavy (non-hydrogen) atoms. The molecule has 0 unspecified atom stereocenters. The summed E-state index contributed by atoms with van der Waals surface area (Å²) in [4.78, 5) is 13.8. The molecule has 0 bridgehead atoms. The van der Waals surface area contributed by atoms with Crippen LogP contribution in [0.3, 0.4) is 0 Å². The molecule has 0 saturated heterocycles. The minimum atomic E-state index is -0.812. The number of carbonyl (C=O) groups is 1. The van der Waals surface area contributed by atoms with Gasteiger partial charge in [-0.25, -0.2) is 0 Å². The summed E-state index contributed by atoms with van der Waals surface area (Å²) in [5, 5.41) is 11.7. The first-order valence-corrected chi connectivity index (χ1v) is 3.83. The van der Waals surface area contributed by atoms with Crippen LogP contribution in [0.2, 0.25) is 0 Å². The van der Waals surface area contributed by atoms with E-state index >= 15 is 0 Å². The van der Waals surface area contributed by atoms with Gasteiger partial charge in [0.25, 0.3) is 0 Å². The molecule has 1 aliphatic rings. The van der Waals surface area contributed by atoms with Gasteiger partial charge in [0.15, 0.2) is 0 Å². The average Bonchev–Trinajstić information content (AvgIpc) is 2.43. The second-order valence-electron chi connectivity index (χ2n) is 3.04. The number of hydrogen-bond acceptors (Lipinski definition) is 2. The van der Waals surface area contributed by atoms with Crippen LogP contribution in [0.15, 0.2) is 6.07 Å². The summed E-state index contributed by atoms with van der Waals surface area (Å²) in [6.45, 7) is 2.55. The molecule has 1 aliphatic heterocycles. The number of rotatable bonds is 1. The van der Waals surface area contributed by atoms with E-state index in [0.717, 1.165) is 17.0 Å². The molecule has 3 N–H and O–H groups in total. The minimum Gasteiger partial charge on any atom is -0.480 e. The zero-order chi connectivity index (χ0) is 8.72. The molecule has 1 aromatic heterocycles. The van der Waals surface area contributed by atoms with E-state index in [1.54, 1.807) is 0 Å². The molecule has 0 radical (unpaired) electrons. The van der Waals surface area contributed by atoms with E-state index in [0.29, 0.717) is 6.54 Å². The standard InChI is InChI=1S/C8H10N2O2/c1-4-2-5-6(10-4)3-9-7(5)8(11)12/h2,7,9-10H,3H2,1H3,(H,11,12)/t7-/m0/s1. The number of aryl methyl sites for hydroxylation is 1. The number of aromatic amines is 1. The normalized spacial score (nSPS) is 20.9. The topological polar surface area (TPSA) is 65.1 Å². The van der Waals surface area contributed by atoms with E-state index in [1.165, 1.54) is 0 Å². The lowest BCUT2D eigenvalue weighted by Crippen LogP contribution is -2.21. The maximum Gasteiger partial charge on any atom is 0.325 e. The van der Waals surface area contributed by atoms with Crippen molar-refractivity contribution in [2.45, 2.75) is 19.5 Å². The van der Waals surface area contributed by atoms with Crippen LogP contribution in [0.1, 0.15) is 23.0 Å². The third-order valence-corrected chi connectivity index (χ3v) is 2.11. The predicted octanol–water partition coefficient (Wildman–Crippen LogP) is 0.552. The number of hydrogen-bond donors (Lipinski definition) is 3. The smallest absolute Gasteiger partial charge is 0.325 e. The molecule has 1 atom stereocenters. The van der Waals surface area contributed by atoms with Gasteiger partial charge in [0.05, 0.1) is 0 Å². The lowest BCUT2D eigenvalue weighted by atomic mass is 10.1. The summed E-state index contributed by atoms with van der Waals surface area (Å²) in [6, 6.07) is 1.36. The fraction of sp³-hybridized carbons (Fsp3) is 0.375. The predicted molar refractivity (Wildman–Crippen MR) is 42.7 cm³/mol. The van der Waals surface area contributed by atoms with Crippen molar-refractivity contribution in [2.75, 3.05) is 0 Å². The molecular formula is C8H10N2O2. The summed E-state index contributed by atoms with van der Waals surface area (Å²) >= 11 is 0. The van der Waals surface area contributed by atoms with Crippen molar-refractivity contribution in [1.82, 2.24) is 10.3 Å². The number of H-pyrrole nitrogens is 1. The highest BCUT2D eigenvalue weighted by Crippen LogP contribution is 2.25. The van der Waals surface area contributed by atoms with Crippen molar-refractivity contribution in [3.63, 3.8) is 0 Å². The van der Waals surface area contributed by atoms with Crippen LogP contribution in [0.5, 0.6) is 0 Å². The maximum atomic E-state index is 10.7. The molecule has 4 heteroatoms. The molecule has 4 nitrogen and oxygen atoms in total. The van der Waals surface area contributed by atoms with E-state index in [1.807, 2.05) is 13.0 Å². The van der Waals surface area contributed by atoms with Gasteiger partial charge in [0.1, 0.15) is 6.04 Å². The van der Waals surface area contributed by atoms with Gasteiger partial charge in [-0.15, -0.1) is 0 Å². The average molecular weight is 166 g/mol. The molecule has 0 aromatic carbocycles. The summed E-state index contributed by atoms with van der Waals surface area (Å²) in [5.74, 6) is -0.812. The second kappa shape index (κ2) is 2.35. The van der Waals surface area contributed by atoms with Gasteiger partial charge in [0, 0.05) is 23.5 Å². The Labute approximate surface area is 69.6 Å². The van der Waals surface area contributed by atoms with Crippen LogP contribution in [-0.2, 0) is 11.3 Å². The Morgan fingerprint density at radius 3 is 3.17 bits per heavy atom. The van der Waals surface area contributed by atoms with Crippen molar-refractivity contribution in [3.05, 3.63) is 23.0 Å². The first kappa shape index (κ1) is 7.36. The summed E-state index contributed by atoms with van der Waals surface area (Å²) < 4.78 is 0. The first-order valence-electron chi connectivity index (χ1n) is 3.83. The fourth-order valence-corrected chi connectivity index (χ4v) is 1.60. The van der Waals surface area contributed by atoms with E-state index in [-0.39, 0.29) is 0 Å². The van der Waals surface area contributed by atoms with Gasteiger partial charge in [-0.05, 0) is 13.0 Å². The third-order valence-electron chi connectivity index (χ3n) is 2.11. The van der Waals surface area contributed by atoms with Crippen LogP contribution in [0.25, 0.3) is 0 Å². The molecule has 0 saturated carbocycles. The zero-order valence-corrected chi connectivity index (χ0v) is 6.72. The van der Waals surface area contributed by atoms with E-state index in [2.05, 4.69) is 10.3 Å². The zero-order valence-electron chi connectivity index (χ0n) is 6.72. The largest absolute Gasteiger partial charge is 0.480 e. The van der Waals surface area contributed by atoms with Gasteiger partial charge in [0.2, 0.25) is 0 Å². The van der Waals surface area contributed by atoms with Crippen molar-refractivity contribution in [2.24, 2.45) is 0 Å². The number of aromatic nitrogens is 1. The molecular weight excluding hydrogens is 156 g/mol. The third kappa shape index (κ3) is 0.921. The molecule has 2 rings (SSSR count). The van der Waals surface area contributed by atoms with Crippen molar-refractivity contribution in [1.29, 1.82) is 0 Å². The van der Waals surface area contributed by atoms with Gasteiger partial charge in [-0.2, -0.15) is 0 Å². The van der Waals surface area contributed by atoms with Gasteiger partial charge in [-0.1, -0.05) is 0 Å². The van der Waals surface area contributed by atoms with E-state index < -0.39 is 12.0 Å². The molecule has 0 spiro atoms. The lowest BCUT2D eigenvalue weighted by Gasteiger charge is -2.02. The number of fused-ring (bicyclic) bond motifs is 1. The first-order chi connectivity index (χ1) is 5.68. The summed E-state index contributed by atoms with van der Waals surface area (Å²) in [7, 11) is 0. The molecule has 64 valence electrons.